The highest BCUT2D eigenvalue weighted by atomic mass is 16.6. The van der Waals surface area contributed by atoms with Crippen LogP contribution in [-0.4, -0.2) is 23.8 Å². The van der Waals surface area contributed by atoms with Crippen molar-refractivity contribution in [1.82, 2.24) is 5.32 Å². The summed E-state index contributed by atoms with van der Waals surface area (Å²) in [6.07, 6.45) is 3.02. The van der Waals surface area contributed by atoms with Crippen molar-refractivity contribution in [2.24, 2.45) is 0 Å². The minimum atomic E-state index is -0.504. The fourth-order valence-electron chi connectivity index (χ4n) is 3.55. The van der Waals surface area contributed by atoms with E-state index in [0.29, 0.717) is 0 Å². The highest BCUT2D eigenvalue weighted by molar-refractivity contribution is 5.99. The quantitative estimate of drug-likeness (QED) is 0.643. The van der Waals surface area contributed by atoms with Crippen molar-refractivity contribution < 1.29 is 14.3 Å². The van der Waals surface area contributed by atoms with Crippen LogP contribution in [0.15, 0.2) is 42.5 Å². The summed E-state index contributed by atoms with van der Waals surface area (Å²) in [4.78, 5) is 24.3. The van der Waals surface area contributed by atoms with E-state index in [1.54, 1.807) is 0 Å². The molecule has 1 aliphatic carbocycles. The number of carbonyl (C=O) groups is 2. The summed E-state index contributed by atoms with van der Waals surface area (Å²) in [5.41, 5.74) is 4.63. The van der Waals surface area contributed by atoms with Gasteiger partial charge in [0.15, 0.2) is 0 Å². The Bertz CT molecular complexity index is 901. The highest BCUT2D eigenvalue weighted by Crippen LogP contribution is 2.25. The minimum Gasteiger partial charge on any atom is -0.444 e. The maximum absolute atomic E-state index is 12.3. The fourth-order valence-corrected chi connectivity index (χ4v) is 3.55. The number of fused-ring (bicyclic) bond motifs is 1. The van der Waals surface area contributed by atoms with Gasteiger partial charge in [0, 0.05) is 17.4 Å². The molecular formula is C24H31N3O3. The van der Waals surface area contributed by atoms with E-state index >= 15 is 0 Å². The molecule has 0 saturated heterocycles. The molecule has 30 heavy (non-hydrogen) atoms. The van der Waals surface area contributed by atoms with E-state index in [9.17, 15) is 9.59 Å². The molecule has 160 valence electrons. The van der Waals surface area contributed by atoms with E-state index in [1.807, 2.05) is 63.2 Å². The summed E-state index contributed by atoms with van der Waals surface area (Å²) >= 11 is 0. The van der Waals surface area contributed by atoms with Gasteiger partial charge in [0.25, 0.3) is 0 Å². The first kappa shape index (κ1) is 21.7. The van der Waals surface area contributed by atoms with Crippen molar-refractivity contribution in [3.8, 4) is 0 Å². The SMILES string of the molecule is CCc1ccc(NC(=O)Nc2ccc3c(c2)CCC(NC(=O)OC(C)(C)C)C3)cc1. The van der Waals surface area contributed by atoms with Gasteiger partial charge in [0.1, 0.15) is 5.60 Å². The molecule has 3 rings (SSSR count). The second-order valence-electron chi connectivity index (χ2n) is 8.70. The largest absolute Gasteiger partial charge is 0.444 e. The molecule has 0 fully saturated rings. The normalized spacial score (nSPS) is 15.7. The molecule has 0 aliphatic heterocycles. The van der Waals surface area contributed by atoms with Crippen molar-refractivity contribution in [2.45, 2.75) is 65.0 Å². The number of hydrogen-bond acceptors (Lipinski definition) is 3. The van der Waals surface area contributed by atoms with Crippen LogP contribution in [0.5, 0.6) is 0 Å². The lowest BCUT2D eigenvalue weighted by Gasteiger charge is -2.27. The predicted octanol–water partition coefficient (Wildman–Crippen LogP) is 5.28. The topological polar surface area (TPSA) is 79.5 Å². The van der Waals surface area contributed by atoms with E-state index in [2.05, 4.69) is 22.9 Å². The molecule has 3 amide bonds. The van der Waals surface area contributed by atoms with Crippen molar-refractivity contribution in [2.75, 3.05) is 10.6 Å². The molecular weight excluding hydrogens is 378 g/mol. The van der Waals surface area contributed by atoms with E-state index in [1.165, 1.54) is 16.7 Å². The molecule has 0 radical (unpaired) electrons. The van der Waals surface area contributed by atoms with Gasteiger partial charge >= 0.3 is 12.1 Å². The van der Waals surface area contributed by atoms with Crippen LogP contribution in [0, 0.1) is 0 Å². The Morgan fingerprint density at radius 2 is 1.67 bits per heavy atom. The Labute approximate surface area is 178 Å². The standard InChI is InChI=1S/C24H31N3O3/c1-5-16-6-10-19(11-7-16)25-22(28)26-20-12-8-18-15-21(13-9-17(18)14-20)27-23(29)30-24(2,3)4/h6-8,10-12,14,21H,5,9,13,15H2,1-4H3,(H,27,29)(H2,25,26,28). The number of hydrogen-bond donors (Lipinski definition) is 3. The number of anilines is 2. The maximum atomic E-state index is 12.3. The van der Waals surface area contributed by atoms with E-state index < -0.39 is 5.60 Å². The third-order valence-electron chi connectivity index (χ3n) is 5.03. The van der Waals surface area contributed by atoms with Crippen LogP contribution in [0.3, 0.4) is 0 Å². The van der Waals surface area contributed by atoms with Crippen LogP contribution in [0.2, 0.25) is 0 Å². The Morgan fingerprint density at radius 1 is 1.00 bits per heavy atom. The highest BCUT2D eigenvalue weighted by Gasteiger charge is 2.23. The molecule has 0 bridgehead atoms. The van der Waals surface area contributed by atoms with Crippen LogP contribution in [0.4, 0.5) is 21.0 Å². The van der Waals surface area contributed by atoms with Crippen LogP contribution < -0.4 is 16.0 Å². The maximum Gasteiger partial charge on any atom is 0.407 e. The second-order valence-corrected chi connectivity index (χ2v) is 8.70. The van der Waals surface area contributed by atoms with Crippen molar-refractivity contribution >= 4 is 23.5 Å². The summed E-state index contributed by atoms with van der Waals surface area (Å²) in [5, 5.41) is 8.71. The predicted molar refractivity (Wildman–Crippen MR) is 120 cm³/mol. The van der Waals surface area contributed by atoms with Gasteiger partial charge in [-0.1, -0.05) is 25.1 Å². The Kier molecular flexibility index (Phi) is 6.65. The van der Waals surface area contributed by atoms with Gasteiger partial charge in [-0.05, 0) is 87.4 Å². The number of carbonyl (C=O) groups excluding carboxylic acids is 2. The Hall–Kier alpha value is -3.02. The lowest BCUT2D eigenvalue weighted by atomic mass is 9.88. The van der Waals surface area contributed by atoms with Gasteiger partial charge in [0.05, 0.1) is 0 Å². The van der Waals surface area contributed by atoms with Gasteiger partial charge in [-0.15, -0.1) is 0 Å². The first-order valence-corrected chi connectivity index (χ1v) is 10.5. The van der Waals surface area contributed by atoms with Gasteiger partial charge in [-0.25, -0.2) is 9.59 Å². The van der Waals surface area contributed by atoms with Gasteiger partial charge in [0.2, 0.25) is 0 Å². The monoisotopic (exact) mass is 409 g/mol. The molecule has 1 atom stereocenters. The second kappa shape index (κ2) is 9.20. The van der Waals surface area contributed by atoms with Crippen molar-refractivity contribution in [1.29, 1.82) is 0 Å². The van der Waals surface area contributed by atoms with E-state index in [0.717, 1.165) is 37.1 Å². The zero-order valence-corrected chi connectivity index (χ0v) is 18.2. The number of nitrogens with one attached hydrogen (secondary N) is 3. The molecule has 2 aromatic carbocycles. The zero-order valence-electron chi connectivity index (χ0n) is 18.2. The molecule has 0 heterocycles. The smallest absolute Gasteiger partial charge is 0.407 e. The molecule has 1 unspecified atom stereocenters. The Balaban J connectivity index is 1.55. The number of rotatable bonds is 4. The molecule has 0 spiro atoms. The minimum absolute atomic E-state index is 0.0561. The van der Waals surface area contributed by atoms with E-state index in [-0.39, 0.29) is 18.2 Å². The Morgan fingerprint density at radius 3 is 2.33 bits per heavy atom. The molecule has 0 saturated carbocycles. The first-order valence-electron chi connectivity index (χ1n) is 10.5. The summed E-state index contributed by atoms with van der Waals surface area (Å²) in [6, 6.07) is 13.6. The average molecular weight is 410 g/mol. The molecule has 6 nitrogen and oxygen atoms in total. The lowest BCUT2D eigenvalue weighted by Crippen LogP contribution is -2.41. The van der Waals surface area contributed by atoms with Gasteiger partial charge < -0.3 is 20.7 Å². The van der Waals surface area contributed by atoms with Crippen LogP contribution >= 0.6 is 0 Å². The van der Waals surface area contributed by atoms with Crippen LogP contribution in [-0.2, 0) is 24.0 Å². The first-order chi connectivity index (χ1) is 14.2. The third kappa shape index (κ3) is 6.24. The molecule has 1 aliphatic rings. The van der Waals surface area contributed by atoms with Crippen molar-refractivity contribution in [3.05, 3.63) is 59.2 Å². The van der Waals surface area contributed by atoms with Gasteiger partial charge in [-0.3, -0.25) is 0 Å². The third-order valence-corrected chi connectivity index (χ3v) is 5.03. The van der Waals surface area contributed by atoms with E-state index in [4.69, 9.17) is 4.74 Å². The molecule has 0 aromatic heterocycles. The molecule has 3 N–H and O–H groups in total. The summed E-state index contributed by atoms with van der Waals surface area (Å²) in [7, 11) is 0. The summed E-state index contributed by atoms with van der Waals surface area (Å²) < 4.78 is 5.35. The number of amides is 3. The average Bonchev–Trinajstić information content (AvgIpc) is 2.67. The lowest BCUT2D eigenvalue weighted by molar-refractivity contribution is 0.0500. The number of aryl methyl sites for hydroxylation is 2. The van der Waals surface area contributed by atoms with Crippen LogP contribution in [0.25, 0.3) is 0 Å². The summed E-state index contributed by atoms with van der Waals surface area (Å²) in [6.45, 7) is 7.66. The van der Waals surface area contributed by atoms with Crippen LogP contribution in [0.1, 0.15) is 50.8 Å². The van der Waals surface area contributed by atoms with Gasteiger partial charge in [-0.2, -0.15) is 0 Å². The van der Waals surface area contributed by atoms with Crippen molar-refractivity contribution in [3.63, 3.8) is 0 Å². The fraction of sp³-hybridized carbons (Fsp3) is 0.417. The zero-order chi connectivity index (χ0) is 21.7. The number of urea groups is 1. The molecule has 6 heteroatoms. The number of ether oxygens (including phenoxy) is 1. The number of benzene rings is 2. The molecule has 2 aromatic rings. The summed E-state index contributed by atoms with van der Waals surface area (Å²) in [5.74, 6) is 0. The number of alkyl carbamates (subject to hydrolysis) is 1.